The molecule has 0 atom stereocenters. The molecule has 2 aromatic heterocycles. The highest BCUT2D eigenvalue weighted by atomic mass is 127. The van der Waals surface area contributed by atoms with Gasteiger partial charge in [0.05, 0.1) is 12.5 Å². The second-order valence-electron chi connectivity index (χ2n) is 4.16. The summed E-state index contributed by atoms with van der Waals surface area (Å²) >= 11 is 2.01. The van der Waals surface area contributed by atoms with Gasteiger partial charge in [-0.15, -0.1) is 0 Å². The van der Waals surface area contributed by atoms with Gasteiger partial charge in [-0.2, -0.15) is 0 Å². The third kappa shape index (κ3) is 2.18. The van der Waals surface area contributed by atoms with E-state index in [1.54, 1.807) is 25.4 Å². The van der Waals surface area contributed by atoms with E-state index in [-0.39, 0.29) is 5.43 Å². The van der Waals surface area contributed by atoms with Gasteiger partial charge >= 0.3 is 0 Å². The number of nitrogens with zero attached hydrogens (tertiary/aromatic N) is 1. The monoisotopic (exact) mass is 379 g/mol. The Morgan fingerprint density at radius 2 is 1.95 bits per heavy atom. The Kier molecular flexibility index (Phi) is 3.43. The largest absolute Gasteiger partial charge is 0.497 e. The Morgan fingerprint density at radius 3 is 2.65 bits per heavy atom. The Labute approximate surface area is 128 Å². The van der Waals surface area contributed by atoms with Crippen molar-refractivity contribution in [1.82, 2.24) is 4.98 Å². The molecule has 3 aromatic rings. The molecule has 0 amide bonds. The van der Waals surface area contributed by atoms with E-state index >= 15 is 0 Å². The lowest BCUT2D eigenvalue weighted by molar-refractivity contribution is 0.415. The molecule has 0 N–H and O–H groups in total. The topological polar surface area (TPSA) is 52.3 Å². The molecule has 4 nitrogen and oxygen atoms in total. The molecular formula is C15H10INO3. The molecule has 2 heterocycles. The summed E-state index contributed by atoms with van der Waals surface area (Å²) < 4.78 is 11.4. The maximum absolute atomic E-state index is 12.3. The predicted octanol–water partition coefficient (Wildman–Crippen LogP) is 3.47. The van der Waals surface area contributed by atoms with Crippen LogP contribution in [0.1, 0.15) is 0 Å². The van der Waals surface area contributed by atoms with Gasteiger partial charge in [0.1, 0.15) is 9.32 Å². The zero-order chi connectivity index (χ0) is 14.1. The molecule has 3 rings (SSSR count). The lowest BCUT2D eigenvalue weighted by Crippen LogP contribution is -2.07. The molecule has 0 saturated carbocycles. The molecule has 0 bridgehead atoms. The van der Waals surface area contributed by atoms with Gasteiger partial charge in [0.15, 0.2) is 5.76 Å². The van der Waals surface area contributed by atoms with Crippen LogP contribution in [0.15, 0.2) is 51.8 Å². The van der Waals surface area contributed by atoms with Crippen molar-refractivity contribution in [1.29, 1.82) is 0 Å². The molecule has 0 radical (unpaired) electrons. The average molecular weight is 379 g/mol. The number of pyridine rings is 1. The van der Waals surface area contributed by atoms with Gasteiger partial charge in [0, 0.05) is 11.8 Å². The van der Waals surface area contributed by atoms with E-state index in [4.69, 9.17) is 9.15 Å². The van der Waals surface area contributed by atoms with Crippen molar-refractivity contribution >= 4 is 33.7 Å². The average Bonchev–Trinajstić information content (AvgIpc) is 2.51. The summed E-state index contributed by atoms with van der Waals surface area (Å²) in [5, 5.41) is 0.495. The summed E-state index contributed by atoms with van der Waals surface area (Å²) in [6.45, 7) is 0. The van der Waals surface area contributed by atoms with Crippen molar-refractivity contribution in [2.45, 2.75) is 0 Å². The van der Waals surface area contributed by atoms with Gasteiger partial charge in [-0.1, -0.05) is 0 Å². The summed E-state index contributed by atoms with van der Waals surface area (Å²) in [6.07, 6.45) is 1.61. The molecule has 0 saturated heterocycles. The molecule has 0 unspecified atom stereocenters. The standard InChI is InChI=1S/C15H10INO3/c1-19-10-6-4-9(5-7-10)14-12(16)13(18)11-3-2-8-17-15(11)20-14/h2-8H,1H3. The van der Waals surface area contributed by atoms with Crippen LogP contribution in [-0.2, 0) is 0 Å². The summed E-state index contributed by atoms with van der Waals surface area (Å²) in [6, 6.07) is 10.8. The van der Waals surface area contributed by atoms with Crippen LogP contribution in [0, 0.1) is 3.57 Å². The molecule has 5 heteroatoms. The van der Waals surface area contributed by atoms with Crippen LogP contribution in [-0.4, -0.2) is 12.1 Å². The Bertz CT molecular complexity index is 825. The van der Waals surface area contributed by atoms with Crippen molar-refractivity contribution in [2.24, 2.45) is 0 Å². The minimum Gasteiger partial charge on any atom is -0.497 e. The first-order chi connectivity index (χ1) is 9.70. The van der Waals surface area contributed by atoms with Gasteiger partial charge in [-0.3, -0.25) is 4.79 Å². The van der Waals surface area contributed by atoms with Crippen LogP contribution in [0.4, 0.5) is 0 Å². The number of methoxy groups -OCH3 is 1. The first-order valence-electron chi connectivity index (χ1n) is 5.92. The quantitative estimate of drug-likeness (QED) is 0.640. The maximum Gasteiger partial charge on any atom is 0.230 e. The molecule has 100 valence electrons. The molecule has 0 aliphatic heterocycles. The van der Waals surface area contributed by atoms with Crippen LogP contribution in [0.5, 0.6) is 5.75 Å². The Balaban J connectivity index is 2.25. The molecule has 0 aliphatic carbocycles. The van der Waals surface area contributed by atoms with E-state index in [9.17, 15) is 4.79 Å². The van der Waals surface area contributed by atoms with Crippen LogP contribution in [0.2, 0.25) is 0 Å². The first kappa shape index (κ1) is 13.1. The second-order valence-corrected chi connectivity index (χ2v) is 5.24. The first-order valence-corrected chi connectivity index (χ1v) is 7.00. The number of benzene rings is 1. The molecule has 0 aliphatic rings. The maximum atomic E-state index is 12.3. The third-order valence-corrected chi connectivity index (χ3v) is 3.95. The molecule has 1 aromatic carbocycles. The smallest absolute Gasteiger partial charge is 0.230 e. The summed E-state index contributed by atoms with van der Waals surface area (Å²) in [5.74, 6) is 1.29. The number of fused-ring (bicyclic) bond motifs is 1. The van der Waals surface area contributed by atoms with Gasteiger partial charge in [0.2, 0.25) is 11.1 Å². The van der Waals surface area contributed by atoms with E-state index in [0.717, 1.165) is 11.3 Å². The van der Waals surface area contributed by atoms with E-state index < -0.39 is 0 Å². The van der Waals surface area contributed by atoms with E-state index in [2.05, 4.69) is 4.98 Å². The number of ether oxygens (including phenoxy) is 1. The molecule has 20 heavy (non-hydrogen) atoms. The zero-order valence-corrected chi connectivity index (χ0v) is 12.7. The normalized spacial score (nSPS) is 10.7. The fraction of sp³-hybridized carbons (Fsp3) is 0.0667. The second kappa shape index (κ2) is 5.24. The van der Waals surface area contributed by atoms with Crippen LogP contribution in [0.25, 0.3) is 22.4 Å². The van der Waals surface area contributed by atoms with E-state index in [1.165, 1.54) is 0 Å². The summed E-state index contributed by atoms with van der Waals surface area (Å²) in [7, 11) is 1.61. The SMILES string of the molecule is COc1ccc(-c2oc3ncccc3c(=O)c2I)cc1. The van der Waals surface area contributed by atoms with Crippen LogP contribution < -0.4 is 10.2 Å². The number of hydrogen-bond acceptors (Lipinski definition) is 4. The number of halogens is 1. The van der Waals surface area contributed by atoms with E-state index in [0.29, 0.717) is 20.4 Å². The third-order valence-electron chi connectivity index (χ3n) is 2.97. The Morgan fingerprint density at radius 1 is 1.20 bits per heavy atom. The lowest BCUT2D eigenvalue weighted by Gasteiger charge is -2.06. The fourth-order valence-corrected chi connectivity index (χ4v) is 2.65. The number of aromatic nitrogens is 1. The summed E-state index contributed by atoms with van der Waals surface area (Å²) in [4.78, 5) is 16.4. The van der Waals surface area contributed by atoms with Crippen molar-refractivity contribution < 1.29 is 9.15 Å². The molecular weight excluding hydrogens is 369 g/mol. The van der Waals surface area contributed by atoms with Gasteiger partial charge in [-0.25, -0.2) is 4.98 Å². The van der Waals surface area contributed by atoms with Gasteiger partial charge in [0.25, 0.3) is 0 Å². The molecule has 0 spiro atoms. The highest BCUT2D eigenvalue weighted by Crippen LogP contribution is 2.27. The highest BCUT2D eigenvalue weighted by Gasteiger charge is 2.14. The van der Waals surface area contributed by atoms with Gasteiger partial charge < -0.3 is 9.15 Å². The van der Waals surface area contributed by atoms with Crippen molar-refractivity contribution in [2.75, 3.05) is 7.11 Å². The minimum absolute atomic E-state index is 0.0641. The highest BCUT2D eigenvalue weighted by molar-refractivity contribution is 14.1. The van der Waals surface area contributed by atoms with Crippen LogP contribution >= 0.6 is 22.6 Å². The lowest BCUT2D eigenvalue weighted by atomic mass is 10.1. The number of hydrogen-bond donors (Lipinski definition) is 0. The fourth-order valence-electron chi connectivity index (χ4n) is 1.94. The van der Waals surface area contributed by atoms with E-state index in [1.807, 2.05) is 46.9 Å². The van der Waals surface area contributed by atoms with Crippen molar-refractivity contribution in [3.8, 4) is 17.1 Å². The Hall–Kier alpha value is -1.89. The predicted molar refractivity (Wildman–Crippen MR) is 85.0 cm³/mol. The van der Waals surface area contributed by atoms with Gasteiger partial charge in [-0.05, 0) is 59.0 Å². The van der Waals surface area contributed by atoms with Crippen LogP contribution in [0.3, 0.4) is 0 Å². The minimum atomic E-state index is -0.0641. The van der Waals surface area contributed by atoms with Crippen molar-refractivity contribution in [3.05, 3.63) is 56.4 Å². The molecule has 0 fully saturated rings. The summed E-state index contributed by atoms with van der Waals surface area (Å²) in [5.41, 5.74) is 1.11. The zero-order valence-electron chi connectivity index (χ0n) is 10.6. The van der Waals surface area contributed by atoms with Crippen molar-refractivity contribution in [3.63, 3.8) is 0 Å². The number of rotatable bonds is 2.